The number of fused-ring (bicyclic) bond motifs is 1. The number of hydrogen-bond acceptors (Lipinski definition) is 1. The zero-order valence-corrected chi connectivity index (χ0v) is 12.9. The average Bonchev–Trinajstić information content (AvgIpc) is 2.59. The Bertz CT molecular complexity index is 779. The molecule has 0 N–H and O–H groups in total. The van der Waals surface area contributed by atoms with Crippen LogP contribution in [0.4, 0.5) is 0 Å². The first-order chi connectivity index (χ1) is 10.8. The van der Waals surface area contributed by atoms with E-state index in [1.54, 1.807) is 0 Å². The Morgan fingerprint density at radius 3 is 2.36 bits per heavy atom. The van der Waals surface area contributed by atoms with Crippen molar-refractivity contribution in [1.29, 1.82) is 0 Å². The molecule has 1 nitrogen and oxygen atoms in total. The highest BCUT2D eigenvalue weighted by Crippen LogP contribution is 2.21. The number of aryl methyl sites for hydroxylation is 1. The Morgan fingerprint density at radius 2 is 1.59 bits per heavy atom. The second kappa shape index (κ2) is 6.57. The second-order valence-electron chi connectivity index (χ2n) is 5.66. The monoisotopic (exact) mass is 288 g/mol. The van der Waals surface area contributed by atoms with Gasteiger partial charge >= 0.3 is 0 Å². The van der Waals surface area contributed by atoms with Gasteiger partial charge in [-0.2, -0.15) is 0 Å². The molecule has 3 rings (SSSR count). The van der Waals surface area contributed by atoms with Crippen LogP contribution in [0.2, 0.25) is 0 Å². The van der Waals surface area contributed by atoms with Crippen LogP contribution in [0.1, 0.15) is 41.3 Å². The number of carbonyl (C=O) groups is 1. The van der Waals surface area contributed by atoms with Gasteiger partial charge in [-0.1, -0.05) is 80.1 Å². The van der Waals surface area contributed by atoms with E-state index in [1.807, 2.05) is 54.6 Å². The van der Waals surface area contributed by atoms with Crippen LogP contribution in [0.15, 0.2) is 66.7 Å². The maximum atomic E-state index is 12.8. The number of carbonyl (C=O) groups excluding carboxylic acids is 1. The van der Waals surface area contributed by atoms with Gasteiger partial charge in [-0.15, -0.1) is 0 Å². The van der Waals surface area contributed by atoms with E-state index in [2.05, 4.69) is 19.1 Å². The van der Waals surface area contributed by atoms with Gasteiger partial charge in [0.2, 0.25) is 0 Å². The van der Waals surface area contributed by atoms with Gasteiger partial charge < -0.3 is 0 Å². The minimum absolute atomic E-state index is 0.0961. The summed E-state index contributed by atoms with van der Waals surface area (Å²) in [4.78, 5) is 12.8. The summed E-state index contributed by atoms with van der Waals surface area (Å²) >= 11 is 0. The van der Waals surface area contributed by atoms with Crippen LogP contribution in [0.3, 0.4) is 0 Å². The van der Waals surface area contributed by atoms with Crippen molar-refractivity contribution < 1.29 is 4.79 Å². The molecule has 22 heavy (non-hydrogen) atoms. The maximum Gasteiger partial charge on any atom is 0.193 e. The third-order valence-corrected chi connectivity index (χ3v) is 4.07. The predicted octanol–water partition coefficient (Wildman–Crippen LogP) is 5.41. The molecule has 0 atom stereocenters. The van der Waals surface area contributed by atoms with Crippen LogP contribution in [0.25, 0.3) is 10.8 Å². The maximum absolute atomic E-state index is 12.8. The van der Waals surface area contributed by atoms with Crippen LogP contribution >= 0.6 is 0 Å². The third-order valence-electron chi connectivity index (χ3n) is 4.07. The van der Waals surface area contributed by atoms with Crippen molar-refractivity contribution in [2.75, 3.05) is 0 Å². The molecular formula is C21H20O. The number of ketones is 1. The van der Waals surface area contributed by atoms with Gasteiger partial charge in [-0.3, -0.25) is 4.79 Å². The molecule has 0 aliphatic carbocycles. The van der Waals surface area contributed by atoms with Crippen molar-refractivity contribution in [2.45, 2.75) is 26.2 Å². The molecule has 1 heteroatoms. The summed E-state index contributed by atoms with van der Waals surface area (Å²) in [5.41, 5.74) is 2.84. The van der Waals surface area contributed by atoms with Gasteiger partial charge in [0.05, 0.1) is 0 Å². The lowest BCUT2D eigenvalue weighted by Crippen LogP contribution is -2.02. The molecule has 0 aliphatic heterocycles. The summed E-state index contributed by atoms with van der Waals surface area (Å²) in [6, 6.07) is 22.0. The smallest absolute Gasteiger partial charge is 0.193 e. The fraction of sp³-hybridized carbons (Fsp3) is 0.190. The normalized spacial score (nSPS) is 10.8. The number of benzene rings is 3. The lowest BCUT2D eigenvalue weighted by molar-refractivity contribution is 0.104. The van der Waals surface area contributed by atoms with Gasteiger partial charge in [0.15, 0.2) is 5.78 Å². The topological polar surface area (TPSA) is 17.1 Å². The average molecular weight is 288 g/mol. The summed E-state index contributed by atoms with van der Waals surface area (Å²) < 4.78 is 0. The summed E-state index contributed by atoms with van der Waals surface area (Å²) in [6.45, 7) is 2.19. The molecule has 0 amide bonds. The molecule has 0 radical (unpaired) electrons. The van der Waals surface area contributed by atoms with E-state index in [1.165, 1.54) is 18.4 Å². The second-order valence-corrected chi connectivity index (χ2v) is 5.66. The molecule has 0 heterocycles. The molecule has 0 saturated heterocycles. The van der Waals surface area contributed by atoms with E-state index in [0.717, 1.165) is 28.3 Å². The Morgan fingerprint density at radius 1 is 0.864 bits per heavy atom. The van der Waals surface area contributed by atoms with Gasteiger partial charge in [-0.25, -0.2) is 0 Å². The van der Waals surface area contributed by atoms with Crippen molar-refractivity contribution in [2.24, 2.45) is 0 Å². The van der Waals surface area contributed by atoms with E-state index in [-0.39, 0.29) is 5.78 Å². The first-order valence-corrected chi connectivity index (χ1v) is 7.91. The Hall–Kier alpha value is -2.41. The first-order valence-electron chi connectivity index (χ1n) is 7.91. The highest BCUT2D eigenvalue weighted by Gasteiger charge is 2.12. The predicted molar refractivity (Wildman–Crippen MR) is 92.4 cm³/mol. The summed E-state index contributed by atoms with van der Waals surface area (Å²) in [7, 11) is 0. The van der Waals surface area contributed by atoms with E-state index >= 15 is 0 Å². The Balaban J connectivity index is 1.92. The number of rotatable bonds is 5. The van der Waals surface area contributed by atoms with Gasteiger partial charge in [0.1, 0.15) is 0 Å². The van der Waals surface area contributed by atoms with Gasteiger partial charge in [0.25, 0.3) is 0 Å². The quantitative estimate of drug-likeness (QED) is 0.573. The standard InChI is InChI=1S/C21H20O/c1-2-3-7-16-12-14-18(15-13-16)21(22)20-11-6-9-17-8-4-5-10-19(17)20/h4-6,8-15H,2-3,7H2,1H3. The minimum atomic E-state index is 0.0961. The Kier molecular flexibility index (Phi) is 4.34. The number of hydrogen-bond donors (Lipinski definition) is 0. The Labute approximate surface area is 131 Å². The zero-order chi connectivity index (χ0) is 15.4. The molecule has 0 spiro atoms. The molecule has 110 valence electrons. The van der Waals surface area contributed by atoms with E-state index in [9.17, 15) is 4.79 Å². The van der Waals surface area contributed by atoms with E-state index in [0.29, 0.717) is 0 Å². The SMILES string of the molecule is CCCCc1ccc(C(=O)c2cccc3ccccc23)cc1. The molecule has 0 saturated carbocycles. The van der Waals surface area contributed by atoms with Crippen LogP contribution in [0.5, 0.6) is 0 Å². The fourth-order valence-electron chi connectivity index (χ4n) is 2.78. The summed E-state index contributed by atoms with van der Waals surface area (Å²) in [5.74, 6) is 0.0961. The van der Waals surface area contributed by atoms with Gasteiger partial charge in [0, 0.05) is 11.1 Å². The van der Waals surface area contributed by atoms with Crippen LogP contribution < -0.4 is 0 Å². The van der Waals surface area contributed by atoms with Gasteiger partial charge in [-0.05, 0) is 29.2 Å². The van der Waals surface area contributed by atoms with Crippen molar-refractivity contribution in [3.05, 3.63) is 83.4 Å². The lowest BCUT2D eigenvalue weighted by atomic mass is 9.96. The largest absolute Gasteiger partial charge is 0.289 e. The van der Waals surface area contributed by atoms with Crippen molar-refractivity contribution in [1.82, 2.24) is 0 Å². The minimum Gasteiger partial charge on any atom is -0.289 e. The van der Waals surface area contributed by atoms with Crippen molar-refractivity contribution in [3.8, 4) is 0 Å². The summed E-state index contributed by atoms with van der Waals surface area (Å²) in [5, 5.41) is 2.12. The van der Waals surface area contributed by atoms with Crippen molar-refractivity contribution >= 4 is 16.6 Å². The van der Waals surface area contributed by atoms with Crippen LogP contribution in [0, 0.1) is 0 Å². The van der Waals surface area contributed by atoms with Crippen molar-refractivity contribution in [3.63, 3.8) is 0 Å². The zero-order valence-electron chi connectivity index (χ0n) is 12.9. The molecule has 0 aromatic heterocycles. The molecule has 0 aliphatic rings. The number of unbranched alkanes of at least 4 members (excludes halogenated alkanes) is 1. The van der Waals surface area contributed by atoms with Crippen LogP contribution in [-0.2, 0) is 6.42 Å². The summed E-state index contributed by atoms with van der Waals surface area (Å²) in [6.07, 6.45) is 3.46. The van der Waals surface area contributed by atoms with E-state index < -0.39 is 0 Å². The molecule has 3 aromatic rings. The highest BCUT2D eigenvalue weighted by atomic mass is 16.1. The first kappa shape index (κ1) is 14.5. The third kappa shape index (κ3) is 2.94. The fourth-order valence-corrected chi connectivity index (χ4v) is 2.78. The lowest BCUT2D eigenvalue weighted by Gasteiger charge is -2.07. The molecular weight excluding hydrogens is 268 g/mol. The molecule has 0 bridgehead atoms. The van der Waals surface area contributed by atoms with Crippen LogP contribution in [-0.4, -0.2) is 5.78 Å². The molecule has 0 fully saturated rings. The molecule has 3 aromatic carbocycles. The van der Waals surface area contributed by atoms with E-state index in [4.69, 9.17) is 0 Å². The molecule has 0 unspecified atom stereocenters. The highest BCUT2D eigenvalue weighted by molar-refractivity contribution is 6.16.